The Kier molecular flexibility index (Phi) is 2.98. The fourth-order valence-electron chi connectivity index (χ4n) is 2.34. The smallest absolute Gasteiger partial charge is 0.227 e. The van der Waals surface area contributed by atoms with Gasteiger partial charge in [-0.2, -0.15) is 10.4 Å². The van der Waals surface area contributed by atoms with Gasteiger partial charge in [-0.15, -0.1) is 0 Å². The number of nitrogens with zero attached hydrogens (tertiary/aromatic N) is 2. The molecule has 0 aliphatic carbocycles. The van der Waals surface area contributed by atoms with E-state index >= 15 is 0 Å². The summed E-state index contributed by atoms with van der Waals surface area (Å²) in [6.07, 6.45) is -0.837. The molecule has 4 amide bonds. The number of amides is 4. The zero-order valence-corrected chi connectivity index (χ0v) is 10.0. The molecule has 2 heterocycles. The average Bonchev–Trinajstić information content (AvgIpc) is 2.77. The van der Waals surface area contributed by atoms with Gasteiger partial charge in [-0.05, 0) is 0 Å². The van der Waals surface area contributed by atoms with Crippen LogP contribution < -0.4 is 0 Å². The summed E-state index contributed by atoms with van der Waals surface area (Å²) in [6, 6.07) is 0. The lowest BCUT2D eigenvalue weighted by Crippen LogP contribution is -2.65. The number of likely N-dealkylation sites (tertiary alicyclic amines) is 2. The first-order chi connectivity index (χ1) is 8.79. The van der Waals surface area contributed by atoms with E-state index in [1.165, 1.54) is 0 Å². The monoisotopic (exact) mass is 269 g/mol. The van der Waals surface area contributed by atoms with Gasteiger partial charge in [0.2, 0.25) is 0 Å². The van der Waals surface area contributed by atoms with Crippen LogP contribution in [0.25, 0.3) is 0 Å². The number of hydrogen-bond acceptors (Lipinski definition) is 6. The lowest BCUT2D eigenvalue weighted by molar-refractivity contribution is -1.11. The summed E-state index contributed by atoms with van der Waals surface area (Å²) in [5.74, 6) is -3.61. The van der Waals surface area contributed by atoms with Crippen molar-refractivity contribution < 1.29 is 38.9 Å². The van der Waals surface area contributed by atoms with Crippen molar-refractivity contribution in [1.29, 1.82) is 0 Å². The molecule has 19 heavy (non-hydrogen) atoms. The SMILES string of the molecule is C=C[C]([N+]1(O)C(=O)CCC1=O)[N+]1(O)C(=O)CCC1=O. The second-order valence-electron chi connectivity index (χ2n) is 4.41. The van der Waals surface area contributed by atoms with E-state index in [0.29, 0.717) is 0 Å². The Morgan fingerprint density at radius 2 is 1.11 bits per heavy atom. The third-order valence-electron chi connectivity index (χ3n) is 3.39. The highest BCUT2D eigenvalue weighted by molar-refractivity contribution is 5.95. The van der Waals surface area contributed by atoms with Crippen LogP contribution >= 0.6 is 0 Å². The fourth-order valence-corrected chi connectivity index (χ4v) is 2.34. The van der Waals surface area contributed by atoms with Gasteiger partial charge in [0.1, 0.15) is 0 Å². The molecule has 2 aliphatic rings. The molecule has 8 heteroatoms. The van der Waals surface area contributed by atoms with Gasteiger partial charge in [0.25, 0.3) is 0 Å². The average molecular weight is 269 g/mol. The van der Waals surface area contributed by atoms with Crippen molar-refractivity contribution in [2.45, 2.75) is 25.7 Å². The zero-order chi connectivity index (χ0) is 14.4. The molecule has 1 radical (unpaired) electrons. The van der Waals surface area contributed by atoms with Crippen LogP contribution in [0.1, 0.15) is 25.7 Å². The summed E-state index contributed by atoms with van der Waals surface area (Å²) >= 11 is 0. The van der Waals surface area contributed by atoms with Crippen LogP contribution in [-0.4, -0.2) is 43.3 Å². The predicted molar refractivity (Wildman–Crippen MR) is 56.0 cm³/mol. The first-order valence-electron chi connectivity index (χ1n) is 5.67. The molecule has 101 valence electrons. The van der Waals surface area contributed by atoms with E-state index in [1.54, 1.807) is 0 Å². The van der Waals surface area contributed by atoms with E-state index < -0.39 is 39.1 Å². The molecule has 2 fully saturated rings. The number of carbonyl (C=O) groups excluding carboxylic acids is 4. The van der Waals surface area contributed by atoms with E-state index in [-0.39, 0.29) is 25.7 Å². The highest BCUT2D eigenvalue weighted by atomic mass is 16.6. The number of imide groups is 2. The summed E-state index contributed by atoms with van der Waals surface area (Å²) in [5, 5.41) is 20.4. The van der Waals surface area contributed by atoms with Crippen LogP contribution in [0.3, 0.4) is 0 Å². The Hall–Kier alpha value is -1.74. The zero-order valence-electron chi connectivity index (χ0n) is 10.0. The quantitative estimate of drug-likeness (QED) is 0.416. The molecule has 2 N–H and O–H groups in total. The van der Waals surface area contributed by atoms with Gasteiger partial charge in [-0.25, -0.2) is 19.2 Å². The lowest BCUT2D eigenvalue weighted by atomic mass is 10.3. The van der Waals surface area contributed by atoms with E-state index in [9.17, 15) is 29.6 Å². The van der Waals surface area contributed by atoms with Crippen molar-refractivity contribution in [1.82, 2.24) is 0 Å². The molecule has 0 spiro atoms. The molecule has 0 bridgehead atoms. The highest BCUT2D eigenvalue weighted by Crippen LogP contribution is 2.38. The van der Waals surface area contributed by atoms with Crippen molar-refractivity contribution in [3.8, 4) is 0 Å². The number of hydroxylamine groups is 6. The standard InChI is InChI=1S/C11H13N2O6/c1-2-7(12(18)8(14)3-4-9(12)15)13(19)10(16)5-6-11(13)17/h2,18-19H,1,3-6H2/q+2. The maximum Gasteiger partial charge on any atom is 0.454 e. The molecular weight excluding hydrogens is 256 g/mol. The fraction of sp³-hybridized carbons (Fsp3) is 0.364. The lowest BCUT2D eigenvalue weighted by Gasteiger charge is -2.29. The maximum atomic E-state index is 11.7. The first kappa shape index (κ1) is 13.7. The molecule has 0 aromatic carbocycles. The Morgan fingerprint density at radius 1 is 0.842 bits per heavy atom. The number of quaternary nitrogens is 2. The van der Waals surface area contributed by atoms with Crippen molar-refractivity contribution in [3.63, 3.8) is 0 Å². The molecular formula is C11H13N2O6+2. The van der Waals surface area contributed by atoms with E-state index in [1.807, 2.05) is 0 Å². The predicted octanol–water partition coefficient (Wildman–Crippen LogP) is -0.232. The van der Waals surface area contributed by atoms with Crippen LogP contribution in [0.5, 0.6) is 0 Å². The minimum absolute atomic E-state index is 0.227. The van der Waals surface area contributed by atoms with Crippen LogP contribution in [-0.2, 0) is 19.2 Å². The maximum absolute atomic E-state index is 11.7. The summed E-state index contributed by atoms with van der Waals surface area (Å²) in [7, 11) is 0. The highest BCUT2D eigenvalue weighted by Gasteiger charge is 2.72. The van der Waals surface area contributed by atoms with E-state index in [0.717, 1.165) is 6.08 Å². The normalized spacial score (nSPS) is 25.4. The minimum atomic E-state index is -1.86. The topological polar surface area (TPSA) is 109 Å². The van der Waals surface area contributed by atoms with Crippen LogP contribution in [0, 0.1) is 6.17 Å². The second kappa shape index (κ2) is 4.14. The molecule has 0 atom stereocenters. The van der Waals surface area contributed by atoms with Gasteiger partial charge >= 0.3 is 29.8 Å². The summed E-state index contributed by atoms with van der Waals surface area (Å²) < 4.78 is -3.73. The van der Waals surface area contributed by atoms with Crippen LogP contribution in [0.2, 0.25) is 0 Å². The summed E-state index contributed by atoms with van der Waals surface area (Å²) in [5.41, 5.74) is 0. The minimum Gasteiger partial charge on any atom is -0.227 e. The van der Waals surface area contributed by atoms with Gasteiger partial charge in [0.05, 0.1) is 31.8 Å². The van der Waals surface area contributed by atoms with Crippen molar-refractivity contribution in [2.24, 2.45) is 0 Å². The molecule has 0 aromatic heterocycles. The Balaban J connectivity index is 2.54. The Morgan fingerprint density at radius 3 is 1.32 bits per heavy atom. The molecule has 0 aromatic rings. The van der Waals surface area contributed by atoms with Gasteiger partial charge in [-0.1, -0.05) is 6.58 Å². The van der Waals surface area contributed by atoms with Crippen LogP contribution in [0.4, 0.5) is 0 Å². The third kappa shape index (κ3) is 1.55. The van der Waals surface area contributed by atoms with Crippen molar-refractivity contribution in [2.75, 3.05) is 0 Å². The van der Waals surface area contributed by atoms with E-state index in [4.69, 9.17) is 0 Å². The Bertz CT molecular complexity index is 437. The molecule has 0 saturated carbocycles. The molecule has 2 aliphatic heterocycles. The first-order valence-corrected chi connectivity index (χ1v) is 5.67. The van der Waals surface area contributed by atoms with Gasteiger partial charge in [-0.3, -0.25) is 0 Å². The molecule has 2 saturated heterocycles. The third-order valence-corrected chi connectivity index (χ3v) is 3.39. The molecule has 8 nitrogen and oxygen atoms in total. The van der Waals surface area contributed by atoms with Crippen molar-refractivity contribution in [3.05, 3.63) is 18.8 Å². The summed E-state index contributed by atoms with van der Waals surface area (Å²) in [4.78, 5) is 46.8. The summed E-state index contributed by atoms with van der Waals surface area (Å²) in [6.45, 7) is 3.28. The number of rotatable bonds is 3. The largest absolute Gasteiger partial charge is 0.454 e. The second-order valence-corrected chi connectivity index (χ2v) is 4.41. The molecule has 0 unspecified atom stereocenters. The van der Waals surface area contributed by atoms with Crippen LogP contribution in [0.15, 0.2) is 12.7 Å². The molecule has 2 rings (SSSR count). The Labute approximate surface area is 108 Å². The number of hydrogen-bond donors (Lipinski definition) is 2. The van der Waals surface area contributed by atoms with Gasteiger partial charge in [0.15, 0.2) is 0 Å². The van der Waals surface area contributed by atoms with Gasteiger partial charge in [0, 0.05) is 9.29 Å². The number of carbonyl (C=O) groups is 4. The van der Waals surface area contributed by atoms with Crippen molar-refractivity contribution >= 4 is 23.6 Å². The van der Waals surface area contributed by atoms with E-state index in [2.05, 4.69) is 6.58 Å². The van der Waals surface area contributed by atoms with Gasteiger partial charge < -0.3 is 0 Å².